The van der Waals surface area contributed by atoms with Crippen molar-refractivity contribution in [2.24, 2.45) is 5.92 Å². The van der Waals surface area contributed by atoms with Gasteiger partial charge >= 0.3 is 6.18 Å². The molecule has 0 unspecified atom stereocenters. The summed E-state index contributed by atoms with van der Waals surface area (Å²) in [7, 11) is 0. The second kappa shape index (κ2) is 5.42. The van der Waals surface area contributed by atoms with E-state index in [1.807, 2.05) is 13.8 Å². The van der Waals surface area contributed by atoms with Crippen molar-refractivity contribution in [3.05, 3.63) is 23.8 Å². The summed E-state index contributed by atoms with van der Waals surface area (Å²) in [6.45, 7) is 6.08. The van der Waals surface area contributed by atoms with E-state index in [2.05, 4.69) is 17.2 Å². The van der Waals surface area contributed by atoms with Crippen LogP contribution < -0.4 is 0 Å². The van der Waals surface area contributed by atoms with Crippen molar-refractivity contribution in [3.8, 4) is 0 Å². The standard InChI is InChI=1S/C12H12F3N3.C2H6/c1-7-5-8(6-7)18-11-9(12(13,14)15)3-2-4-10(11)16-17-18;1-2/h2-4,7-8H,5-6H2,1H3;1-2H3. The largest absolute Gasteiger partial charge is 0.418 e. The third kappa shape index (κ3) is 2.51. The summed E-state index contributed by atoms with van der Waals surface area (Å²) in [5.74, 6) is 0.548. The van der Waals surface area contributed by atoms with E-state index in [9.17, 15) is 13.2 Å². The first kappa shape index (κ1) is 14.8. The Balaban J connectivity index is 0.000000704. The molecule has 0 aliphatic heterocycles. The first-order chi connectivity index (χ1) is 9.47. The molecule has 3 rings (SSSR count). The molecule has 0 bridgehead atoms. The molecule has 1 aliphatic carbocycles. The van der Waals surface area contributed by atoms with Gasteiger partial charge in [-0.2, -0.15) is 13.2 Å². The number of hydrogen-bond donors (Lipinski definition) is 0. The van der Waals surface area contributed by atoms with E-state index in [0.29, 0.717) is 11.4 Å². The molecule has 0 amide bonds. The Labute approximate surface area is 115 Å². The highest BCUT2D eigenvalue weighted by Crippen LogP contribution is 2.41. The fourth-order valence-electron chi connectivity index (χ4n) is 2.54. The highest BCUT2D eigenvalue weighted by atomic mass is 19.4. The molecule has 20 heavy (non-hydrogen) atoms. The Morgan fingerprint density at radius 2 is 1.85 bits per heavy atom. The van der Waals surface area contributed by atoms with Crippen molar-refractivity contribution in [1.29, 1.82) is 0 Å². The SMILES string of the molecule is CC.CC1CC(n2nnc3cccc(C(F)(F)F)c32)C1. The fourth-order valence-corrected chi connectivity index (χ4v) is 2.54. The fraction of sp³-hybridized carbons (Fsp3) is 0.571. The van der Waals surface area contributed by atoms with Crippen LogP contribution in [0.1, 0.15) is 45.2 Å². The number of para-hydroxylation sites is 1. The molecule has 1 aromatic heterocycles. The van der Waals surface area contributed by atoms with Crippen molar-refractivity contribution < 1.29 is 13.2 Å². The summed E-state index contributed by atoms with van der Waals surface area (Å²) in [5, 5.41) is 7.73. The number of hydrogen-bond acceptors (Lipinski definition) is 2. The molecular weight excluding hydrogens is 267 g/mol. The predicted molar refractivity (Wildman–Crippen MR) is 71.3 cm³/mol. The monoisotopic (exact) mass is 285 g/mol. The zero-order valence-corrected chi connectivity index (χ0v) is 11.8. The number of alkyl halides is 3. The van der Waals surface area contributed by atoms with E-state index < -0.39 is 11.7 Å². The number of halogens is 3. The Kier molecular flexibility index (Phi) is 4.01. The third-order valence-electron chi connectivity index (χ3n) is 3.49. The van der Waals surface area contributed by atoms with Gasteiger partial charge in [0.15, 0.2) is 0 Å². The van der Waals surface area contributed by atoms with Gasteiger partial charge in [0.05, 0.1) is 11.6 Å². The maximum absolute atomic E-state index is 13.0. The van der Waals surface area contributed by atoms with Crippen LogP contribution in [0.15, 0.2) is 18.2 Å². The van der Waals surface area contributed by atoms with Crippen LogP contribution in [0.4, 0.5) is 13.2 Å². The van der Waals surface area contributed by atoms with Gasteiger partial charge in [-0.05, 0) is 30.9 Å². The number of aromatic nitrogens is 3. The van der Waals surface area contributed by atoms with Gasteiger partial charge in [-0.1, -0.05) is 32.1 Å². The second-order valence-electron chi connectivity index (χ2n) is 4.94. The van der Waals surface area contributed by atoms with Gasteiger partial charge < -0.3 is 0 Å². The van der Waals surface area contributed by atoms with Crippen LogP contribution in [0, 0.1) is 5.92 Å². The van der Waals surface area contributed by atoms with Crippen molar-refractivity contribution >= 4 is 11.0 Å². The van der Waals surface area contributed by atoms with Gasteiger partial charge in [0, 0.05) is 0 Å². The number of benzene rings is 1. The molecule has 0 saturated heterocycles. The van der Waals surface area contributed by atoms with Crippen LogP contribution in [0.25, 0.3) is 11.0 Å². The minimum absolute atomic E-state index is 0.0495. The van der Waals surface area contributed by atoms with E-state index in [1.165, 1.54) is 10.7 Å². The van der Waals surface area contributed by atoms with Crippen molar-refractivity contribution in [1.82, 2.24) is 15.0 Å². The minimum atomic E-state index is -4.37. The summed E-state index contributed by atoms with van der Waals surface area (Å²) in [6, 6.07) is 4.07. The highest BCUT2D eigenvalue weighted by molar-refractivity contribution is 5.78. The topological polar surface area (TPSA) is 30.7 Å². The Morgan fingerprint density at radius 3 is 2.40 bits per heavy atom. The van der Waals surface area contributed by atoms with Gasteiger partial charge in [-0.15, -0.1) is 5.10 Å². The summed E-state index contributed by atoms with van der Waals surface area (Å²) in [5.41, 5.74) is -0.226. The molecule has 1 heterocycles. The molecule has 1 aromatic carbocycles. The maximum atomic E-state index is 13.0. The van der Waals surface area contributed by atoms with Crippen LogP contribution in [-0.4, -0.2) is 15.0 Å². The minimum Gasteiger partial charge on any atom is -0.241 e. The number of fused-ring (bicyclic) bond motifs is 1. The summed E-state index contributed by atoms with van der Waals surface area (Å²) >= 11 is 0. The molecule has 0 N–H and O–H groups in total. The van der Waals surface area contributed by atoms with E-state index in [-0.39, 0.29) is 11.6 Å². The van der Waals surface area contributed by atoms with Gasteiger partial charge in [-0.3, -0.25) is 0 Å². The second-order valence-corrected chi connectivity index (χ2v) is 4.94. The first-order valence-corrected chi connectivity index (χ1v) is 6.88. The van der Waals surface area contributed by atoms with Crippen LogP contribution in [0.3, 0.4) is 0 Å². The number of rotatable bonds is 1. The molecule has 1 saturated carbocycles. The highest BCUT2D eigenvalue weighted by Gasteiger charge is 2.37. The summed E-state index contributed by atoms with van der Waals surface area (Å²) in [6.07, 6.45) is -2.64. The molecule has 0 radical (unpaired) electrons. The van der Waals surface area contributed by atoms with Crippen molar-refractivity contribution in [2.75, 3.05) is 0 Å². The summed E-state index contributed by atoms with van der Waals surface area (Å²) < 4.78 is 40.3. The molecular formula is C14H18F3N3. The molecule has 1 aliphatic rings. The molecule has 110 valence electrons. The Morgan fingerprint density at radius 1 is 1.20 bits per heavy atom. The van der Waals surface area contributed by atoms with Crippen molar-refractivity contribution in [2.45, 2.75) is 45.8 Å². The van der Waals surface area contributed by atoms with Gasteiger partial charge in [-0.25, -0.2) is 4.68 Å². The van der Waals surface area contributed by atoms with Crippen molar-refractivity contribution in [3.63, 3.8) is 0 Å². The average Bonchev–Trinajstić information content (AvgIpc) is 2.79. The summed E-state index contributed by atoms with van der Waals surface area (Å²) in [4.78, 5) is 0. The molecule has 0 spiro atoms. The van der Waals surface area contributed by atoms with Crippen LogP contribution in [-0.2, 0) is 6.18 Å². The molecule has 0 atom stereocenters. The molecule has 1 fully saturated rings. The lowest BCUT2D eigenvalue weighted by Gasteiger charge is -2.33. The van der Waals surface area contributed by atoms with Crippen LogP contribution >= 0.6 is 0 Å². The van der Waals surface area contributed by atoms with E-state index in [1.54, 1.807) is 6.07 Å². The average molecular weight is 285 g/mol. The van der Waals surface area contributed by atoms with Crippen LogP contribution in [0.5, 0.6) is 0 Å². The quantitative estimate of drug-likeness (QED) is 0.775. The lowest BCUT2D eigenvalue weighted by atomic mass is 9.82. The van der Waals surface area contributed by atoms with Gasteiger partial charge in [0.25, 0.3) is 0 Å². The van der Waals surface area contributed by atoms with E-state index in [0.717, 1.165) is 18.9 Å². The third-order valence-corrected chi connectivity index (χ3v) is 3.49. The molecule has 2 aromatic rings. The van der Waals surface area contributed by atoms with E-state index in [4.69, 9.17) is 0 Å². The first-order valence-electron chi connectivity index (χ1n) is 6.88. The zero-order valence-electron chi connectivity index (χ0n) is 11.8. The predicted octanol–water partition coefficient (Wildman–Crippen LogP) is 4.45. The van der Waals surface area contributed by atoms with Gasteiger partial charge in [0.1, 0.15) is 11.0 Å². The number of nitrogens with zero attached hydrogens (tertiary/aromatic N) is 3. The molecule has 3 nitrogen and oxygen atoms in total. The normalized spacial score (nSPS) is 22.1. The molecule has 6 heteroatoms. The maximum Gasteiger partial charge on any atom is 0.418 e. The van der Waals surface area contributed by atoms with E-state index >= 15 is 0 Å². The van der Waals surface area contributed by atoms with Gasteiger partial charge in [0.2, 0.25) is 0 Å². The Bertz CT molecular complexity index is 583. The lowest BCUT2D eigenvalue weighted by molar-refractivity contribution is -0.136. The smallest absolute Gasteiger partial charge is 0.241 e. The lowest BCUT2D eigenvalue weighted by Crippen LogP contribution is -2.26. The van der Waals surface area contributed by atoms with Crippen LogP contribution in [0.2, 0.25) is 0 Å². The zero-order chi connectivity index (χ0) is 14.9. The Hall–Kier alpha value is -1.59.